The van der Waals surface area contributed by atoms with Crippen LogP contribution in [0.4, 0.5) is 4.39 Å². The van der Waals surface area contributed by atoms with Crippen LogP contribution in [0.3, 0.4) is 0 Å². The topological polar surface area (TPSA) is 62.3 Å². The third-order valence-electron chi connectivity index (χ3n) is 3.04. The van der Waals surface area contributed by atoms with E-state index in [1.807, 2.05) is 0 Å². The van der Waals surface area contributed by atoms with Crippen molar-refractivity contribution in [3.8, 4) is 0 Å². The Morgan fingerprint density at radius 1 is 1.61 bits per heavy atom. The van der Waals surface area contributed by atoms with E-state index in [4.69, 9.17) is 0 Å². The Balaban J connectivity index is 2.34. The molecule has 0 saturated carbocycles. The van der Waals surface area contributed by atoms with Gasteiger partial charge < -0.3 is 5.32 Å². The first kappa shape index (κ1) is 13.4. The summed E-state index contributed by atoms with van der Waals surface area (Å²) in [6.45, 7) is 0.985. The molecule has 1 aromatic rings. The van der Waals surface area contributed by atoms with Crippen LogP contribution in [0.5, 0.6) is 0 Å². The lowest BCUT2D eigenvalue weighted by Gasteiger charge is -2.23. The second-order valence-corrected chi connectivity index (χ2v) is 6.07. The van der Waals surface area contributed by atoms with E-state index in [1.54, 1.807) is 7.05 Å². The number of nitrogens with one attached hydrogen (secondary N) is 1. The predicted octanol–water partition coefficient (Wildman–Crippen LogP) is 0.593. The van der Waals surface area contributed by atoms with Crippen molar-refractivity contribution in [1.29, 1.82) is 0 Å². The minimum absolute atomic E-state index is 0.124. The molecule has 0 aromatic carbocycles. The van der Waals surface area contributed by atoms with Gasteiger partial charge >= 0.3 is 0 Å². The number of rotatable bonds is 4. The first-order valence-electron chi connectivity index (χ1n) is 5.84. The molecule has 1 atom stereocenters. The number of sulfonamides is 1. The Morgan fingerprint density at radius 3 is 3.06 bits per heavy atom. The molecule has 5 nitrogen and oxygen atoms in total. The summed E-state index contributed by atoms with van der Waals surface area (Å²) in [4.78, 5) is 3.66. The van der Waals surface area contributed by atoms with Crippen LogP contribution in [0.25, 0.3) is 0 Å². The molecule has 7 heteroatoms. The Labute approximate surface area is 106 Å². The van der Waals surface area contributed by atoms with E-state index >= 15 is 0 Å². The SMILES string of the molecule is CNCC1CCCN1S(=O)(=O)c1ncccc1F. The minimum atomic E-state index is -3.83. The maximum atomic E-state index is 13.6. The fourth-order valence-electron chi connectivity index (χ4n) is 2.24. The van der Waals surface area contributed by atoms with Crippen LogP contribution in [-0.2, 0) is 10.0 Å². The van der Waals surface area contributed by atoms with Crippen LogP contribution < -0.4 is 5.32 Å². The molecule has 1 fully saturated rings. The fourth-order valence-corrected chi connectivity index (χ4v) is 3.91. The zero-order valence-electron chi connectivity index (χ0n) is 10.1. The maximum Gasteiger partial charge on any atom is 0.263 e. The van der Waals surface area contributed by atoms with E-state index in [-0.39, 0.29) is 6.04 Å². The highest BCUT2D eigenvalue weighted by molar-refractivity contribution is 7.89. The zero-order valence-corrected chi connectivity index (χ0v) is 11.0. The average Bonchev–Trinajstić information content (AvgIpc) is 2.79. The molecule has 0 radical (unpaired) electrons. The Hall–Kier alpha value is -1.05. The lowest BCUT2D eigenvalue weighted by atomic mass is 10.2. The summed E-state index contributed by atoms with van der Waals surface area (Å²) < 4.78 is 39.6. The molecule has 0 aliphatic carbocycles. The second-order valence-electron chi connectivity index (χ2n) is 4.26. The molecule has 1 aromatic heterocycles. The average molecular weight is 273 g/mol. The highest BCUT2D eigenvalue weighted by Crippen LogP contribution is 2.25. The van der Waals surface area contributed by atoms with Crippen LogP contribution in [0.15, 0.2) is 23.4 Å². The quantitative estimate of drug-likeness (QED) is 0.872. The normalized spacial score (nSPS) is 21.3. The summed E-state index contributed by atoms with van der Waals surface area (Å²) in [7, 11) is -2.07. The van der Waals surface area contributed by atoms with Crippen LogP contribution in [-0.4, -0.2) is 43.9 Å². The summed E-state index contributed by atoms with van der Waals surface area (Å²) in [5.41, 5.74) is 0. The highest BCUT2D eigenvalue weighted by atomic mass is 32.2. The standard InChI is InChI=1S/C11H16FN3O2S/c1-13-8-9-4-3-7-15(9)18(16,17)11-10(12)5-2-6-14-11/h2,5-6,9,13H,3-4,7-8H2,1H3. The van der Waals surface area contributed by atoms with Crippen molar-refractivity contribution in [2.24, 2.45) is 0 Å². The first-order valence-corrected chi connectivity index (χ1v) is 7.28. The molecule has 0 spiro atoms. The van der Waals surface area contributed by atoms with E-state index in [0.717, 1.165) is 18.9 Å². The Kier molecular flexibility index (Phi) is 3.94. The summed E-state index contributed by atoms with van der Waals surface area (Å²) in [6, 6.07) is 2.37. The number of hydrogen-bond donors (Lipinski definition) is 1. The molecule has 18 heavy (non-hydrogen) atoms. The Morgan fingerprint density at radius 2 is 2.39 bits per heavy atom. The smallest absolute Gasteiger partial charge is 0.263 e. The van der Waals surface area contributed by atoms with E-state index in [2.05, 4.69) is 10.3 Å². The molecule has 1 unspecified atom stereocenters. The van der Waals surface area contributed by atoms with Crippen molar-refractivity contribution >= 4 is 10.0 Å². The van der Waals surface area contributed by atoms with Gasteiger partial charge in [0.1, 0.15) is 0 Å². The van der Waals surface area contributed by atoms with Crippen molar-refractivity contribution in [2.75, 3.05) is 20.1 Å². The van der Waals surface area contributed by atoms with Crippen molar-refractivity contribution in [3.05, 3.63) is 24.1 Å². The van der Waals surface area contributed by atoms with Crippen LogP contribution in [0.1, 0.15) is 12.8 Å². The lowest BCUT2D eigenvalue weighted by Crippen LogP contribution is -2.41. The highest BCUT2D eigenvalue weighted by Gasteiger charge is 2.37. The molecule has 1 saturated heterocycles. The largest absolute Gasteiger partial charge is 0.318 e. The molecule has 0 bridgehead atoms. The van der Waals surface area contributed by atoms with Crippen LogP contribution in [0.2, 0.25) is 0 Å². The molecule has 1 aliphatic heterocycles. The van der Waals surface area contributed by atoms with Crippen molar-refractivity contribution in [1.82, 2.24) is 14.6 Å². The summed E-state index contributed by atoms with van der Waals surface area (Å²) in [6.07, 6.45) is 2.87. The number of pyridine rings is 1. The second kappa shape index (κ2) is 5.29. The number of likely N-dealkylation sites (N-methyl/N-ethyl adjacent to an activating group) is 1. The van der Waals surface area contributed by atoms with Gasteiger partial charge in [-0.2, -0.15) is 4.31 Å². The number of halogens is 1. The van der Waals surface area contributed by atoms with Crippen LogP contribution in [0, 0.1) is 5.82 Å². The van der Waals surface area contributed by atoms with Crippen LogP contribution >= 0.6 is 0 Å². The van der Waals surface area contributed by atoms with E-state index in [9.17, 15) is 12.8 Å². The summed E-state index contributed by atoms with van der Waals surface area (Å²) in [5.74, 6) is -0.799. The van der Waals surface area contributed by atoms with Gasteiger partial charge in [-0.05, 0) is 32.0 Å². The summed E-state index contributed by atoms with van der Waals surface area (Å²) in [5, 5.41) is 2.48. The van der Waals surface area contributed by atoms with Crippen molar-refractivity contribution in [2.45, 2.75) is 23.9 Å². The monoisotopic (exact) mass is 273 g/mol. The third kappa shape index (κ3) is 2.38. The van der Waals surface area contributed by atoms with Gasteiger partial charge in [-0.25, -0.2) is 17.8 Å². The van der Waals surface area contributed by atoms with Crippen molar-refractivity contribution < 1.29 is 12.8 Å². The fraction of sp³-hybridized carbons (Fsp3) is 0.545. The van der Waals surface area contributed by atoms with Gasteiger partial charge in [-0.3, -0.25) is 0 Å². The third-order valence-corrected chi connectivity index (χ3v) is 4.93. The summed E-state index contributed by atoms with van der Waals surface area (Å²) >= 11 is 0. The molecular weight excluding hydrogens is 257 g/mol. The maximum absolute atomic E-state index is 13.6. The van der Waals surface area contributed by atoms with Gasteiger partial charge in [0.2, 0.25) is 5.03 Å². The molecule has 0 amide bonds. The molecule has 1 N–H and O–H groups in total. The van der Waals surface area contributed by atoms with Gasteiger partial charge in [0.15, 0.2) is 5.82 Å². The lowest BCUT2D eigenvalue weighted by molar-refractivity contribution is 0.374. The molecule has 2 rings (SSSR count). The first-order chi connectivity index (χ1) is 8.57. The van der Waals surface area contributed by atoms with Crippen molar-refractivity contribution in [3.63, 3.8) is 0 Å². The minimum Gasteiger partial charge on any atom is -0.318 e. The van der Waals surface area contributed by atoms with Gasteiger partial charge in [-0.15, -0.1) is 0 Å². The van der Waals surface area contributed by atoms with E-state index in [0.29, 0.717) is 13.1 Å². The van der Waals surface area contributed by atoms with E-state index < -0.39 is 20.9 Å². The zero-order chi connectivity index (χ0) is 13.2. The van der Waals surface area contributed by atoms with Gasteiger partial charge in [0.05, 0.1) is 0 Å². The molecule has 1 aliphatic rings. The Bertz CT molecular complexity index is 521. The number of aromatic nitrogens is 1. The molecular formula is C11H16FN3O2S. The van der Waals surface area contributed by atoms with Gasteiger partial charge in [0, 0.05) is 25.3 Å². The van der Waals surface area contributed by atoms with Gasteiger partial charge in [-0.1, -0.05) is 0 Å². The van der Waals surface area contributed by atoms with E-state index in [1.165, 1.54) is 16.6 Å². The predicted molar refractivity (Wildman–Crippen MR) is 65.0 cm³/mol. The number of hydrogen-bond acceptors (Lipinski definition) is 4. The molecule has 100 valence electrons. The molecule has 2 heterocycles. The number of nitrogens with zero attached hydrogens (tertiary/aromatic N) is 2. The van der Waals surface area contributed by atoms with Gasteiger partial charge in [0.25, 0.3) is 10.0 Å².